The number of rotatable bonds is 7. The van der Waals surface area contributed by atoms with Gasteiger partial charge in [-0.1, -0.05) is 46.3 Å². The molecule has 3 rings (SSSR count). The van der Waals surface area contributed by atoms with E-state index in [4.69, 9.17) is 0 Å². The molecule has 3 aromatic rings. The highest BCUT2D eigenvalue weighted by atomic mass is 79.9. The standard InChI is InChI=1S/C19H19BrN2O3S/c20-16-5-3-4-14(10-16)12-26(24,25)13-19(23)21-9-8-15-11-22-18-7-2-1-6-17(15)18/h1-7,10-11,22H,8-9,12-13H2,(H,21,23). The number of hydrogen-bond acceptors (Lipinski definition) is 3. The van der Waals surface area contributed by atoms with Gasteiger partial charge < -0.3 is 10.3 Å². The molecular weight excluding hydrogens is 416 g/mol. The Labute approximate surface area is 160 Å². The number of benzene rings is 2. The van der Waals surface area contributed by atoms with Crippen LogP contribution in [0.2, 0.25) is 0 Å². The molecule has 1 aromatic heterocycles. The van der Waals surface area contributed by atoms with Crippen LogP contribution in [0.4, 0.5) is 0 Å². The fraction of sp³-hybridized carbons (Fsp3) is 0.211. The van der Waals surface area contributed by atoms with E-state index in [0.29, 0.717) is 18.5 Å². The summed E-state index contributed by atoms with van der Waals surface area (Å²) in [6, 6.07) is 15.0. The van der Waals surface area contributed by atoms with Crippen molar-refractivity contribution in [2.24, 2.45) is 0 Å². The van der Waals surface area contributed by atoms with E-state index < -0.39 is 21.5 Å². The van der Waals surface area contributed by atoms with Gasteiger partial charge in [0, 0.05) is 28.1 Å². The highest BCUT2D eigenvalue weighted by Gasteiger charge is 2.17. The molecule has 5 nitrogen and oxygen atoms in total. The fourth-order valence-electron chi connectivity index (χ4n) is 2.86. The molecule has 0 atom stereocenters. The zero-order valence-corrected chi connectivity index (χ0v) is 16.4. The lowest BCUT2D eigenvalue weighted by atomic mass is 10.1. The molecule has 0 aliphatic carbocycles. The Morgan fingerprint density at radius 3 is 2.73 bits per heavy atom. The van der Waals surface area contributed by atoms with Crippen molar-refractivity contribution in [2.75, 3.05) is 12.3 Å². The van der Waals surface area contributed by atoms with Gasteiger partial charge in [0.2, 0.25) is 5.91 Å². The predicted octanol–water partition coefficient (Wildman–Crippen LogP) is 3.20. The lowest BCUT2D eigenvalue weighted by molar-refractivity contribution is -0.118. The van der Waals surface area contributed by atoms with E-state index in [1.807, 2.05) is 36.5 Å². The van der Waals surface area contributed by atoms with Crippen LogP contribution in [0, 0.1) is 0 Å². The molecule has 2 N–H and O–H groups in total. The number of para-hydroxylation sites is 1. The Morgan fingerprint density at radius 1 is 1.12 bits per heavy atom. The van der Waals surface area contributed by atoms with Crippen LogP contribution in [-0.4, -0.2) is 31.6 Å². The molecule has 0 radical (unpaired) electrons. The fourth-order valence-corrected chi connectivity index (χ4v) is 4.60. The molecule has 7 heteroatoms. The number of aromatic amines is 1. The molecule has 0 saturated carbocycles. The second-order valence-electron chi connectivity index (χ2n) is 6.12. The number of carbonyl (C=O) groups is 1. The first-order valence-electron chi connectivity index (χ1n) is 8.19. The molecule has 1 heterocycles. The van der Waals surface area contributed by atoms with Crippen molar-refractivity contribution in [2.45, 2.75) is 12.2 Å². The van der Waals surface area contributed by atoms with E-state index in [1.165, 1.54) is 0 Å². The average Bonchev–Trinajstić information content (AvgIpc) is 2.97. The van der Waals surface area contributed by atoms with Gasteiger partial charge in [-0.3, -0.25) is 4.79 Å². The smallest absolute Gasteiger partial charge is 0.235 e. The first-order chi connectivity index (χ1) is 12.4. The highest BCUT2D eigenvalue weighted by Crippen LogP contribution is 2.18. The van der Waals surface area contributed by atoms with Crippen LogP contribution in [0.3, 0.4) is 0 Å². The second kappa shape index (κ2) is 8.05. The third kappa shape index (κ3) is 4.95. The minimum Gasteiger partial charge on any atom is -0.361 e. The molecule has 2 aromatic carbocycles. The molecule has 0 aliphatic heterocycles. The summed E-state index contributed by atoms with van der Waals surface area (Å²) in [5.74, 6) is -1.13. The minimum atomic E-state index is -3.51. The molecule has 1 amide bonds. The van der Waals surface area contributed by atoms with E-state index in [2.05, 4.69) is 26.2 Å². The SMILES string of the molecule is O=C(CS(=O)(=O)Cc1cccc(Br)c1)NCCc1c[nH]c2ccccc12. The number of H-pyrrole nitrogens is 1. The van der Waals surface area contributed by atoms with Crippen LogP contribution in [0.1, 0.15) is 11.1 Å². The van der Waals surface area contributed by atoms with Crippen LogP contribution in [-0.2, 0) is 26.8 Å². The maximum atomic E-state index is 12.2. The first kappa shape index (κ1) is 18.7. The van der Waals surface area contributed by atoms with Crippen molar-refractivity contribution in [3.05, 3.63) is 70.3 Å². The zero-order valence-electron chi connectivity index (χ0n) is 14.0. The lowest BCUT2D eigenvalue weighted by Gasteiger charge is -2.07. The maximum absolute atomic E-state index is 12.2. The van der Waals surface area contributed by atoms with E-state index in [0.717, 1.165) is 20.9 Å². The Balaban J connectivity index is 1.52. The van der Waals surface area contributed by atoms with Crippen LogP contribution < -0.4 is 5.32 Å². The summed E-state index contributed by atoms with van der Waals surface area (Å²) in [5, 5.41) is 3.81. The summed E-state index contributed by atoms with van der Waals surface area (Å²) in [6.45, 7) is 0.396. The van der Waals surface area contributed by atoms with Gasteiger partial charge in [0.25, 0.3) is 0 Å². The largest absolute Gasteiger partial charge is 0.361 e. The third-order valence-electron chi connectivity index (χ3n) is 4.02. The van der Waals surface area contributed by atoms with Gasteiger partial charge in [-0.05, 0) is 35.7 Å². The van der Waals surface area contributed by atoms with Crippen LogP contribution in [0.25, 0.3) is 10.9 Å². The van der Waals surface area contributed by atoms with Crippen molar-refractivity contribution in [1.82, 2.24) is 10.3 Å². The van der Waals surface area contributed by atoms with E-state index >= 15 is 0 Å². The number of sulfone groups is 1. The van der Waals surface area contributed by atoms with Gasteiger partial charge in [-0.2, -0.15) is 0 Å². The molecule has 26 heavy (non-hydrogen) atoms. The third-order valence-corrected chi connectivity index (χ3v) is 5.99. The lowest BCUT2D eigenvalue weighted by Crippen LogP contribution is -2.32. The number of hydrogen-bond donors (Lipinski definition) is 2. The van der Waals surface area contributed by atoms with Gasteiger partial charge in [-0.25, -0.2) is 8.42 Å². The first-order valence-corrected chi connectivity index (χ1v) is 10.8. The Bertz CT molecular complexity index is 1030. The molecule has 0 spiro atoms. The summed E-state index contributed by atoms with van der Waals surface area (Å²) in [5.41, 5.74) is 2.80. The second-order valence-corrected chi connectivity index (χ2v) is 9.10. The number of halogens is 1. The topological polar surface area (TPSA) is 79.0 Å². The van der Waals surface area contributed by atoms with Crippen molar-refractivity contribution in [3.63, 3.8) is 0 Å². The summed E-state index contributed by atoms with van der Waals surface area (Å²) >= 11 is 3.31. The highest BCUT2D eigenvalue weighted by molar-refractivity contribution is 9.10. The van der Waals surface area contributed by atoms with E-state index in [9.17, 15) is 13.2 Å². The summed E-state index contributed by atoms with van der Waals surface area (Å²) in [7, 11) is -3.51. The van der Waals surface area contributed by atoms with Crippen LogP contribution in [0.15, 0.2) is 59.2 Å². The molecule has 0 unspecified atom stereocenters. The predicted molar refractivity (Wildman–Crippen MR) is 107 cm³/mol. The van der Waals surface area contributed by atoms with Crippen LogP contribution in [0.5, 0.6) is 0 Å². The van der Waals surface area contributed by atoms with E-state index in [1.54, 1.807) is 18.2 Å². The Hall–Kier alpha value is -2.12. The Kier molecular flexibility index (Phi) is 5.78. The minimum absolute atomic E-state index is 0.150. The van der Waals surface area contributed by atoms with Crippen LogP contribution >= 0.6 is 15.9 Å². The number of fused-ring (bicyclic) bond motifs is 1. The Morgan fingerprint density at radius 2 is 1.92 bits per heavy atom. The van der Waals surface area contributed by atoms with Gasteiger partial charge in [0.05, 0.1) is 5.75 Å². The molecule has 136 valence electrons. The summed E-state index contributed by atoms with van der Waals surface area (Å²) in [6.07, 6.45) is 2.56. The molecule has 0 aliphatic rings. The molecule has 0 fully saturated rings. The van der Waals surface area contributed by atoms with Gasteiger partial charge in [0.15, 0.2) is 9.84 Å². The quantitative estimate of drug-likeness (QED) is 0.598. The number of amides is 1. The number of nitrogens with one attached hydrogen (secondary N) is 2. The van der Waals surface area contributed by atoms with Crippen molar-refractivity contribution >= 4 is 42.6 Å². The monoisotopic (exact) mass is 434 g/mol. The normalized spacial score (nSPS) is 11.6. The van der Waals surface area contributed by atoms with Crippen molar-refractivity contribution < 1.29 is 13.2 Å². The maximum Gasteiger partial charge on any atom is 0.235 e. The number of aromatic nitrogens is 1. The molecular formula is C19H19BrN2O3S. The molecule has 0 saturated heterocycles. The molecule has 0 bridgehead atoms. The van der Waals surface area contributed by atoms with Crippen molar-refractivity contribution in [1.29, 1.82) is 0 Å². The zero-order chi connectivity index (χ0) is 18.6. The van der Waals surface area contributed by atoms with Crippen molar-refractivity contribution in [3.8, 4) is 0 Å². The van der Waals surface area contributed by atoms with E-state index in [-0.39, 0.29) is 5.75 Å². The summed E-state index contributed by atoms with van der Waals surface area (Å²) in [4.78, 5) is 15.2. The number of carbonyl (C=O) groups excluding carboxylic acids is 1. The summed E-state index contributed by atoms with van der Waals surface area (Å²) < 4.78 is 25.2. The van der Waals surface area contributed by atoms with Gasteiger partial charge >= 0.3 is 0 Å². The average molecular weight is 435 g/mol. The van der Waals surface area contributed by atoms with Gasteiger partial charge in [-0.15, -0.1) is 0 Å². The van der Waals surface area contributed by atoms with Gasteiger partial charge in [0.1, 0.15) is 5.75 Å².